The first-order chi connectivity index (χ1) is 7.52. The summed E-state index contributed by atoms with van der Waals surface area (Å²) in [5.74, 6) is 0.552. The molecular weight excluding hydrogens is 246 g/mol. The van der Waals surface area contributed by atoms with Crippen LogP contribution in [0.2, 0.25) is 5.28 Å². The third kappa shape index (κ3) is 4.14. The summed E-state index contributed by atoms with van der Waals surface area (Å²) in [7, 11) is 0. The molecule has 0 radical (unpaired) electrons. The molecule has 1 rings (SSSR count). The van der Waals surface area contributed by atoms with Crippen LogP contribution in [0.15, 0.2) is 5.16 Å². The lowest BCUT2D eigenvalue weighted by Gasteiger charge is -2.13. The van der Waals surface area contributed by atoms with Crippen molar-refractivity contribution in [3.05, 3.63) is 5.28 Å². The van der Waals surface area contributed by atoms with E-state index in [0.29, 0.717) is 28.9 Å². The Balaban J connectivity index is 2.79. The highest BCUT2D eigenvalue weighted by Crippen LogP contribution is 2.26. The smallest absolute Gasteiger partial charge is 0.321 e. The molecule has 1 atom stereocenters. The molecule has 6 heteroatoms. The minimum Gasteiger partial charge on any atom is -0.464 e. The average molecular weight is 262 g/mol. The lowest BCUT2D eigenvalue weighted by atomic mass is 10.2. The zero-order chi connectivity index (χ0) is 12.1. The van der Waals surface area contributed by atoms with Crippen molar-refractivity contribution in [2.45, 2.75) is 38.1 Å². The fraction of sp³-hybridized carbons (Fsp3) is 0.700. The fourth-order valence-corrected chi connectivity index (χ4v) is 1.94. The van der Waals surface area contributed by atoms with Gasteiger partial charge in [0.1, 0.15) is 0 Å². The van der Waals surface area contributed by atoms with E-state index in [1.807, 2.05) is 6.92 Å². The second kappa shape index (κ2) is 6.25. The van der Waals surface area contributed by atoms with Gasteiger partial charge in [0.15, 0.2) is 5.16 Å². The zero-order valence-electron chi connectivity index (χ0n) is 9.90. The van der Waals surface area contributed by atoms with Crippen molar-refractivity contribution in [2.24, 2.45) is 5.92 Å². The van der Waals surface area contributed by atoms with Gasteiger partial charge in [-0.3, -0.25) is 0 Å². The van der Waals surface area contributed by atoms with Crippen LogP contribution in [0.1, 0.15) is 27.7 Å². The van der Waals surface area contributed by atoms with E-state index in [1.54, 1.807) is 11.8 Å². The minimum absolute atomic E-state index is 0.178. The molecule has 0 saturated heterocycles. The van der Waals surface area contributed by atoms with Crippen LogP contribution in [0.3, 0.4) is 0 Å². The number of aromatic nitrogens is 3. The first-order valence-corrected chi connectivity index (χ1v) is 6.49. The number of ether oxygens (including phenoxy) is 1. The summed E-state index contributed by atoms with van der Waals surface area (Å²) < 4.78 is 5.21. The molecule has 1 aromatic heterocycles. The highest BCUT2D eigenvalue weighted by molar-refractivity contribution is 7.99. The predicted octanol–water partition coefficient (Wildman–Crippen LogP) is 3.06. The number of hydrogen-bond donors (Lipinski definition) is 0. The van der Waals surface area contributed by atoms with E-state index in [4.69, 9.17) is 16.3 Å². The fourth-order valence-electron chi connectivity index (χ4n) is 0.863. The lowest BCUT2D eigenvalue weighted by molar-refractivity contribution is 0.307. The van der Waals surface area contributed by atoms with Crippen LogP contribution in [0.25, 0.3) is 0 Å². The topological polar surface area (TPSA) is 47.9 Å². The van der Waals surface area contributed by atoms with Crippen LogP contribution >= 0.6 is 23.4 Å². The lowest BCUT2D eigenvalue weighted by Crippen LogP contribution is -2.08. The van der Waals surface area contributed by atoms with Crippen LogP contribution in [0, 0.1) is 5.92 Å². The third-order valence-corrected chi connectivity index (χ3v) is 3.55. The highest BCUT2D eigenvalue weighted by Gasteiger charge is 2.13. The molecule has 90 valence electrons. The molecule has 0 fully saturated rings. The van der Waals surface area contributed by atoms with Gasteiger partial charge in [0.05, 0.1) is 6.61 Å². The molecule has 1 aromatic rings. The molecule has 1 unspecified atom stereocenters. The van der Waals surface area contributed by atoms with Crippen molar-refractivity contribution in [3.8, 4) is 6.01 Å². The third-order valence-electron chi connectivity index (χ3n) is 2.07. The molecule has 0 aliphatic carbocycles. The molecular formula is C10H16ClN3OS. The second-order valence-corrected chi connectivity index (χ2v) is 5.35. The minimum atomic E-state index is 0.178. The van der Waals surface area contributed by atoms with Gasteiger partial charge in [-0.2, -0.15) is 15.0 Å². The molecule has 16 heavy (non-hydrogen) atoms. The van der Waals surface area contributed by atoms with Crippen LogP contribution in [-0.4, -0.2) is 26.8 Å². The van der Waals surface area contributed by atoms with Crippen molar-refractivity contribution >= 4 is 23.4 Å². The van der Waals surface area contributed by atoms with E-state index < -0.39 is 0 Å². The van der Waals surface area contributed by atoms with Crippen LogP contribution < -0.4 is 4.74 Å². The van der Waals surface area contributed by atoms with Gasteiger partial charge in [0.25, 0.3) is 0 Å². The van der Waals surface area contributed by atoms with Gasteiger partial charge in [-0.05, 0) is 24.4 Å². The van der Waals surface area contributed by atoms with E-state index >= 15 is 0 Å². The van der Waals surface area contributed by atoms with E-state index in [2.05, 4.69) is 35.7 Å². The number of thioether (sulfide) groups is 1. The Morgan fingerprint density at radius 2 is 1.94 bits per heavy atom. The van der Waals surface area contributed by atoms with Gasteiger partial charge in [-0.25, -0.2) is 0 Å². The summed E-state index contributed by atoms with van der Waals surface area (Å²) in [6.07, 6.45) is 0. The SMILES string of the molecule is CCOc1nc(Cl)nc(SC(C)C(C)C)n1. The van der Waals surface area contributed by atoms with Crippen molar-refractivity contribution in [1.82, 2.24) is 15.0 Å². The molecule has 0 aliphatic heterocycles. The van der Waals surface area contributed by atoms with Crippen LogP contribution in [-0.2, 0) is 0 Å². The van der Waals surface area contributed by atoms with Crippen LogP contribution in [0.5, 0.6) is 6.01 Å². The maximum atomic E-state index is 5.79. The first-order valence-electron chi connectivity index (χ1n) is 5.24. The molecule has 0 amide bonds. The van der Waals surface area contributed by atoms with E-state index in [1.165, 1.54) is 0 Å². The Kier molecular flexibility index (Phi) is 5.28. The molecule has 0 aromatic carbocycles. The van der Waals surface area contributed by atoms with Crippen molar-refractivity contribution in [3.63, 3.8) is 0 Å². The average Bonchev–Trinajstić information content (AvgIpc) is 2.16. The maximum absolute atomic E-state index is 5.79. The van der Waals surface area contributed by atoms with Gasteiger partial charge in [-0.15, -0.1) is 0 Å². The van der Waals surface area contributed by atoms with Gasteiger partial charge < -0.3 is 4.74 Å². The molecule has 0 bridgehead atoms. The summed E-state index contributed by atoms with van der Waals surface area (Å²) in [5, 5.41) is 1.22. The normalized spacial score (nSPS) is 12.9. The van der Waals surface area contributed by atoms with Gasteiger partial charge >= 0.3 is 6.01 Å². The van der Waals surface area contributed by atoms with Gasteiger partial charge in [-0.1, -0.05) is 32.5 Å². The van der Waals surface area contributed by atoms with Crippen molar-refractivity contribution in [2.75, 3.05) is 6.61 Å². The Morgan fingerprint density at radius 1 is 1.25 bits per heavy atom. The highest BCUT2D eigenvalue weighted by atomic mass is 35.5. The van der Waals surface area contributed by atoms with E-state index in [-0.39, 0.29) is 5.28 Å². The quantitative estimate of drug-likeness (QED) is 0.763. The van der Waals surface area contributed by atoms with Crippen LogP contribution in [0.4, 0.5) is 0 Å². The molecule has 0 spiro atoms. The molecule has 4 nitrogen and oxygen atoms in total. The molecule has 0 saturated carbocycles. The number of nitrogens with zero attached hydrogens (tertiary/aromatic N) is 3. The Hall–Kier alpha value is -0.550. The van der Waals surface area contributed by atoms with Crippen molar-refractivity contribution < 1.29 is 4.74 Å². The van der Waals surface area contributed by atoms with Crippen molar-refractivity contribution in [1.29, 1.82) is 0 Å². The summed E-state index contributed by atoms with van der Waals surface area (Å²) in [6, 6.07) is 0.293. The van der Waals surface area contributed by atoms with E-state index in [9.17, 15) is 0 Å². The number of rotatable bonds is 5. The summed E-state index contributed by atoms with van der Waals surface area (Å²) in [6.45, 7) is 8.84. The maximum Gasteiger partial charge on any atom is 0.321 e. The molecule has 0 aliphatic rings. The second-order valence-electron chi connectivity index (χ2n) is 3.67. The number of halogens is 1. The van der Waals surface area contributed by atoms with Gasteiger partial charge in [0, 0.05) is 5.25 Å². The molecule has 0 N–H and O–H groups in total. The Bertz CT molecular complexity index is 349. The monoisotopic (exact) mass is 261 g/mol. The summed E-state index contributed by atoms with van der Waals surface area (Å²) in [5.41, 5.74) is 0. The predicted molar refractivity (Wildman–Crippen MR) is 66.2 cm³/mol. The first kappa shape index (κ1) is 13.5. The standard InChI is InChI=1S/C10H16ClN3OS/c1-5-15-9-12-8(11)13-10(14-9)16-7(4)6(2)3/h6-7H,5H2,1-4H3. The summed E-state index contributed by atoms with van der Waals surface area (Å²) >= 11 is 7.37. The van der Waals surface area contributed by atoms with Gasteiger partial charge in [0.2, 0.25) is 5.28 Å². The summed E-state index contributed by atoms with van der Waals surface area (Å²) in [4.78, 5) is 12.1. The largest absolute Gasteiger partial charge is 0.464 e. The zero-order valence-corrected chi connectivity index (χ0v) is 11.5. The Morgan fingerprint density at radius 3 is 2.50 bits per heavy atom. The number of hydrogen-bond acceptors (Lipinski definition) is 5. The van der Waals surface area contributed by atoms with E-state index in [0.717, 1.165) is 0 Å². The Labute approximate surface area is 105 Å². The molecule has 1 heterocycles.